The van der Waals surface area contributed by atoms with Crippen molar-refractivity contribution in [3.63, 3.8) is 0 Å². The number of carbonyl (C=O) groups is 2. The van der Waals surface area contributed by atoms with E-state index in [-0.39, 0.29) is 62.7 Å². The Hall–Kier alpha value is -4.46. The zero-order valence-electron chi connectivity index (χ0n) is 22.1. The molecule has 1 atom stereocenters. The number of urea groups is 1. The SMILES string of the molecule is C=CC(=O)N1CCN(C2=c3cc(F)/c(=C4/CN=NC4=N)nc3N(c3c(C)cccc3S(C)(=O)=O)C(=O)N2)[C@@H](C)C1. The number of pyridine rings is 1. The van der Waals surface area contributed by atoms with Crippen LogP contribution < -0.4 is 20.8 Å². The number of carbonyl (C=O) groups excluding carboxylic acids is 2. The Bertz CT molecular complexity index is 1750. The summed E-state index contributed by atoms with van der Waals surface area (Å²) in [5.74, 6) is -0.929. The van der Waals surface area contributed by atoms with Crippen molar-refractivity contribution in [1.29, 1.82) is 5.41 Å². The molecule has 0 saturated carbocycles. The zero-order chi connectivity index (χ0) is 28.9. The fourth-order valence-corrected chi connectivity index (χ4v) is 6.06. The van der Waals surface area contributed by atoms with E-state index in [0.29, 0.717) is 25.2 Å². The number of amides is 3. The van der Waals surface area contributed by atoms with Gasteiger partial charge in [0.05, 0.1) is 27.9 Å². The van der Waals surface area contributed by atoms with Gasteiger partial charge in [-0.25, -0.2) is 27.5 Å². The van der Waals surface area contributed by atoms with Crippen LogP contribution in [0.1, 0.15) is 12.5 Å². The Labute approximate surface area is 229 Å². The minimum absolute atomic E-state index is 0.00153. The van der Waals surface area contributed by atoms with Gasteiger partial charge in [0, 0.05) is 31.9 Å². The smallest absolute Gasteiger partial charge is 0.333 e. The number of nitrogens with one attached hydrogen (secondary N) is 2. The molecule has 3 aliphatic heterocycles. The fraction of sp³-hybridized carbons (Fsp3) is 0.308. The number of nitrogens with zero attached hydrogens (tertiary/aromatic N) is 6. The highest BCUT2D eigenvalue weighted by Crippen LogP contribution is 2.34. The van der Waals surface area contributed by atoms with E-state index in [4.69, 9.17) is 5.41 Å². The van der Waals surface area contributed by atoms with E-state index >= 15 is 4.39 Å². The lowest BCUT2D eigenvalue weighted by molar-refractivity contribution is -0.128. The number of aryl methyl sites for hydroxylation is 1. The van der Waals surface area contributed by atoms with E-state index < -0.39 is 21.7 Å². The molecule has 0 unspecified atom stereocenters. The van der Waals surface area contributed by atoms with Crippen LogP contribution in [-0.4, -0.2) is 79.5 Å². The van der Waals surface area contributed by atoms with E-state index in [9.17, 15) is 18.0 Å². The molecule has 40 heavy (non-hydrogen) atoms. The van der Waals surface area contributed by atoms with Crippen LogP contribution in [0.3, 0.4) is 0 Å². The predicted octanol–water partition coefficient (Wildman–Crippen LogP) is 1.17. The van der Waals surface area contributed by atoms with E-state index in [1.807, 2.05) is 11.8 Å². The van der Waals surface area contributed by atoms with Crippen LogP contribution in [0.4, 0.5) is 20.7 Å². The number of sulfone groups is 1. The van der Waals surface area contributed by atoms with Crippen molar-refractivity contribution < 1.29 is 22.4 Å². The number of para-hydroxylation sites is 1. The van der Waals surface area contributed by atoms with Crippen LogP contribution in [0.2, 0.25) is 0 Å². The van der Waals surface area contributed by atoms with Crippen molar-refractivity contribution in [2.45, 2.75) is 24.8 Å². The molecule has 4 heterocycles. The Morgan fingerprint density at radius 3 is 2.67 bits per heavy atom. The van der Waals surface area contributed by atoms with Crippen LogP contribution in [0.25, 0.3) is 11.4 Å². The highest BCUT2D eigenvalue weighted by atomic mass is 32.2. The van der Waals surface area contributed by atoms with Crippen molar-refractivity contribution in [3.05, 3.63) is 58.9 Å². The Morgan fingerprint density at radius 2 is 2.05 bits per heavy atom. The first-order chi connectivity index (χ1) is 18.9. The summed E-state index contributed by atoms with van der Waals surface area (Å²) < 4.78 is 41.2. The van der Waals surface area contributed by atoms with Gasteiger partial charge in [-0.05, 0) is 37.6 Å². The van der Waals surface area contributed by atoms with Gasteiger partial charge in [-0.2, -0.15) is 5.11 Å². The van der Waals surface area contributed by atoms with Gasteiger partial charge in [0.25, 0.3) is 0 Å². The first-order valence-electron chi connectivity index (χ1n) is 12.4. The van der Waals surface area contributed by atoms with E-state index in [2.05, 4.69) is 27.1 Å². The van der Waals surface area contributed by atoms with Gasteiger partial charge in [0.2, 0.25) is 5.91 Å². The number of halogens is 1. The average Bonchev–Trinajstić information content (AvgIpc) is 3.33. The molecule has 1 aromatic heterocycles. The van der Waals surface area contributed by atoms with Crippen molar-refractivity contribution in [2.24, 2.45) is 10.2 Å². The molecule has 3 aliphatic rings. The lowest BCUT2D eigenvalue weighted by Gasteiger charge is -2.43. The second-order valence-corrected chi connectivity index (χ2v) is 11.7. The summed E-state index contributed by atoms with van der Waals surface area (Å²) in [6.45, 7) is 8.03. The second-order valence-electron chi connectivity index (χ2n) is 9.76. The number of anilines is 2. The maximum absolute atomic E-state index is 15.6. The molecule has 1 saturated heterocycles. The third kappa shape index (κ3) is 4.53. The van der Waals surface area contributed by atoms with Crippen molar-refractivity contribution in [3.8, 4) is 0 Å². The number of azo groups is 1. The summed E-state index contributed by atoms with van der Waals surface area (Å²) in [6.07, 6.45) is 2.28. The van der Waals surface area contributed by atoms with Crippen molar-refractivity contribution in [1.82, 2.24) is 20.1 Å². The maximum Gasteiger partial charge on any atom is 0.333 e. The highest BCUT2D eigenvalue weighted by molar-refractivity contribution is 7.90. The van der Waals surface area contributed by atoms with E-state index in [0.717, 1.165) is 11.2 Å². The number of aromatic nitrogens is 1. The molecule has 0 aliphatic carbocycles. The van der Waals surface area contributed by atoms with Crippen LogP contribution in [0.15, 0.2) is 52.0 Å². The Morgan fingerprint density at radius 1 is 1.30 bits per heavy atom. The van der Waals surface area contributed by atoms with Crippen molar-refractivity contribution in [2.75, 3.05) is 37.3 Å². The molecular weight excluding hydrogens is 539 g/mol. The van der Waals surface area contributed by atoms with Gasteiger partial charge in [0.15, 0.2) is 21.5 Å². The predicted molar refractivity (Wildman–Crippen MR) is 146 cm³/mol. The summed E-state index contributed by atoms with van der Waals surface area (Å²) in [6, 6.07) is 4.89. The molecule has 12 nitrogen and oxygen atoms in total. The third-order valence-corrected chi connectivity index (χ3v) is 8.18. The number of hydrogen-bond donors (Lipinski definition) is 2. The summed E-state index contributed by atoms with van der Waals surface area (Å²) in [4.78, 5) is 35.0. The molecule has 0 bridgehead atoms. The summed E-state index contributed by atoms with van der Waals surface area (Å²) in [7, 11) is -3.79. The maximum atomic E-state index is 15.6. The largest absolute Gasteiger partial charge is 0.351 e. The number of rotatable bonds is 4. The molecule has 5 rings (SSSR count). The molecule has 2 aromatic rings. The number of fused-ring (bicyclic) bond motifs is 1. The fourth-order valence-electron chi connectivity index (χ4n) is 5.13. The van der Waals surface area contributed by atoms with E-state index in [1.165, 1.54) is 18.2 Å². The molecule has 1 aromatic carbocycles. The molecule has 1 fully saturated rings. The van der Waals surface area contributed by atoms with Gasteiger partial charge in [0.1, 0.15) is 17.0 Å². The van der Waals surface area contributed by atoms with Crippen LogP contribution >= 0.6 is 0 Å². The van der Waals surface area contributed by atoms with Crippen molar-refractivity contribution >= 4 is 50.5 Å². The summed E-state index contributed by atoms with van der Waals surface area (Å²) in [5, 5.41) is 18.4. The summed E-state index contributed by atoms with van der Waals surface area (Å²) in [5.41, 5.74) is 0.713. The quantitative estimate of drug-likeness (QED) is 0.530. The average molecular weight is 567 g/mol. The first kappa shape index (κ1) is 27.1. The standard InChI is InChI=1S/C26H27FN8O4S/c1-5-20(36)33-9-10-34(15(3)13-33)24-16-11-18(27)21(17-12-29-32-23(17)28)30-25(16)35(26(37)31-24)22-14(2)7-6-8-19(22)40(4,38)39/h5-8,11,15,28H,1,9-10,12-13H2,2-4H3,(H,31,37)/b21-17+,28-23?/t15-/m0/s1. The molecule has 208 valence electrons. The van der Waals surface area contributed by atoms with Crippen LogP contribution in [0, 0.1) is 18.2 Å². The minimum Gasteiger partial charge on any atom is -0.351 e. The minimum atomic E-state index is -3.79. The molecule has 3 amide bonds. The number of piperazine rings is 1. The molecule has 0 spiro atoms. The number of amidine groups is 1. The molecule has 14 heteroatoms. The Kier molecular flexibility index (Phi) is 6.74. The number of hydrogen-bond acceptors (Lipinski definition) is 8. The van der Waals surface area contributed by atoms with Gasteiger partial charge in [-0.3, -0.25) is 15.5 Å². The Balaban J connectivity index is 1.79. The zero-order valence-corrected chi connectivity index (χ0v) is 22.9. The van der Waals surface area contributed by atoms with Gasteiger partial charge >= 0.3 is 6.03 Å². The molecular formula is C26H27FN8O4S. The van der Waals surface area contributed by atoms with Gasteiger partial charge in [-0.15, -0.1) is 5.11 Å². The van der Waals surface area contributed by atoms with Gasteiger partial charge < -0.3 is 9.80 Å². The topological polar surface area (TPSA) is 151 Å². The second kappa shape index (κ2) is 9.93. The lowest BCUT2D eigenvalue weighted by atomic mass is 10.1. The lowest BCUT2D eigenvalue weighted by Crippen LogP contribution is -2.58. The first-order valence-corrected chi connectivity index (χ1v) is 14.3. The van der Waals surface area contributed by atoms with E-state index in [1.54, 1.807) is 24.0 Å². The third-order valence-electron chi connectivity index (χ3n) is 7.05. The summed E-state index contributed by atoms with van der Waals surface area (Å²) >= 11 is 0. The molecule has 0 radical (unpaired) electrons. The number of benzene rings is 1. The molecule has 2 N–H and O–H groups in total. The van der Waals surface area contributed by atoms with Crippen LogP contribution in [0.5, 0.6) is 0 Å². The normalized spacial score (nSPS) is 20.6. The van der Waals surface area contributed by atoms with Gasteiger partial charge in [-0.1, -0.05) is 18.7 Å². The monoisotopic (exact) mass is 566 g/mol. The highest BCUT2D eigenvalue weighted by Gasteiger charge is 2.36. The van der Waals surface area contributed by atoms with Crippen LogP contribution in [-0.2, 0) is 14.6 Å².